The number of fused-ring (bicyclic) bond motifs is 5. The largest absolute Gasteiger partial charge is 0.354 e. The van der Waals surface area contributed by atoms with Crippen molar-refractivity contribution in [2.75, 3.05) is 0 Å². The molecule has 0 aliphatic heterocycles. The Bertz CT molecular complexity index is 811. The summed E-state index contributed by atoms with van der Waals surface area (Å²) in [5.41, 5.74) is 6.70. The number of aromatic amines is 1. The van der Waals surface area contributed by atoms with Crippen molar-refractivity contribution in [2.24, 2.45) is 0 Å². The highest BCUT2D eigenvalue weighted by Gasteiger charge is 2.38. The molecule has 1 N–H and O–H groups in total. The monoisotopic (exact) mass is 311 g/mol. The Balaban J connectivity index is 2.22. The van der Waals surface area contributed by atoms with E-state index in [9.17, 15) is 0 Å². The SMILES string of the molecule is CC1(C)c2ccccc2-c2[nH]c3cccc(Br)c3c21. The molecule has 1 aliphatic carbocycles. The molecule has 0 unspecified atom stereocenters. The number of aromatic nitrogens is 1. The summed E-state index contributed by atoms with van der Waals surface area (Å²) in [6, 6.07) is 15.1. The summed E-state index contributed by atoms with van der Waals surface area (Å²) in [6.45, 7) is 4.62. The normalized spacial score (nSPS) is 15.5. The van der Waals surface area contributed by atoms with Crippen LogP contribution in [0.5, 0.6) is 0 Å². The number of halogens is 1. The van der Waals surface area contributed by atoms with Gasteiger partial charge in [-0.2, -0.15) is 0 Å². The van der Waals surface area contributed by atoms with E-state index in [2.05, 4.69) is 77.2 Å². The van der Waals surface area contributed by atoms with Gasteiger partial charge in [0.1, 0.15) is 0 Å². The van der Waals surface area contributed by atoms with Crippen LogP contribution in [0.25, 0.3) is 22.2 Å². The second kappa shape index (κ2) is 3.51. The molecule has 94 valence electrons. The van der Waals surface area contributed by atoms with Crippen molar-refractivity contribution >= 4 is 26.8 Å². The van der Waals surface area contributed by atoms with E-state index in [1.165, 1.54) is 37.8 Å². The van der Waals surface area contributed by atoms with Crippen LogP contribution in [0.2, 0.25) is 0 Å². The first kappa shape index (κ1) is 11.3. The lowest BCUT2D eigenvalue weighted by molar-refractivity contribution is 0.666. The van der Waals surface area contributed by atoms with Gasteiger partial charge < -0.3 is 4.98 Å². The van der Waals surface area contributed by atoms with Gasteiger partial charge in [-0.3, -0.25) is 0 Å². The molecule has 0 bridgehead atoms. The van der Waals surface area contributed by atoms with E-state index >= 15 is 0 Å². The van der Waals surface area contributed by atoms with Crippen LogP contribution in [0.15, 0.2) is 46.9 Å². The maximum atomic E-state index is 3.71. The Hall–Kier alpha value is -1.54. The zero-order valence-electron chi connectivity index (χ0n) is 10.9. The number of H-pyrrole nitrogens is 1. The molecule has 0 saturated carbocycles. The molecule has 4 rings (SSSR count). The van der Waals surface area contributed by atoms with Gasteiger partial charge in [0.15, 0.2) is 0 Å². The van der Waals surface area contributed by atoms with Crippen LogP contribution in [0.1, 0.15) is 25.0 Å². The van der Waals surface area contributed by atoms with Crippen LogP contribution >= 0.6 is 15.9 Å². The fourth-order valence-electron chi connectivity index (χ4n) is 3.41. The molecule has 0 amide bonds. The quantitative estimate of drug-likeness (QED) is 0.584. The van der Waals surface area contributed by atoms with Crippen molar-refractivity contribution in [3.63, 3.8) is 0 Å². The highest BCUT2D eigenvalue weighted by Crippen LogP contribution is 2.52. The second-order valence-corrected chi connectivity index (χ2v) is 6.56. The molecule has 1 aromatic heterocycles. The second-order valence-electron chi connectivity index (χ2n) is 5.71. The van der Waals surface area contributed by atoms with Crippen molar-refractivity contribution in [3.8, 4) is 11.3 Å². The third-order valence-electron chi connectivity index (χ3n) is 4.27. The molecule has 0 fully saturated rings. The zero-order chi connectivity index (χ0) is 13.2. The van der Waals surface area contributed by atoms with Crippen molar-refractivity contribution in [3.05, 3.63) is 58.1 Å². The average molecular weight is 312 g/mol. The van der Waals surface area contributed by atoms with E-state index in [0.29, 0.717) is 0 Å². The number of hydrogen-bond donors (Lipinski definition) is 1. The van der Waals surface area contributed by atoms with Crippen LogP contribution in [0.4, 0.5) is 0 Å². The maximum absolute atomic E-state index is 3.71. The topological polar surface area (TPSA) is 15.8 Å². The average Bonchev–Trinajstić information content (AvgIpc) is 2.88. The zero-order valence-corrected chi connectivity index (χ0v) is 12.5. The van der Waals surface area contributed by atoms with Gasteiger partial charge in [-0.05, 0) is 23.3 Å². The Morgan fingerprint density at radius 2 is 1.79 bits per heavy atom. The van der Waals surface area contributed by atoms with Gasteiger partial charge in [0.05, 0.1) is 5.69 Å². The van der Waals surface area contributed by atoms with Crippen molar-refractivity contribution < 1.29 is 0 Å². The molecule has 0 saturated heterocycles. The first-order valence-electron chi connectivity index (χ1n) is 6.51. The Morgan fingerprint density at radius 1 is 1.00 bits per heavy atom. The fourth-order valence-corrected chi connectivity index (χ4v) is 3.98. The molecule has 0 radical (unpaired) electrons. The Labute approximate surface area is 120 Å². The summed E-state index contributed by atoms with van der Waals surface area (Å²) in [5.74, 6) is 0. The van der Waals surface area contributed by atoms with Crippen molar-refractivity contribution in [1.82, 2.24) is 4.98 Å². The Morgan fingerprint density at radius 3 is 2.63 bits per heavy atom. The summed E-state index contributed by atoms with van der Waals surface area (Å²) in [5, 5.41) is 1.32. The molecule has 1 nitrogen and oxygen atoms in total. The van der Waals surface area contributed by atoms with E-state index in [4.69, 9.17) is 0 Å². The van der Waals surface area contributed by atoms with Crippen LogP contribution in [-0.2, 0) is 5.41 Å². The third-order valence-corrected chi connectivity index (χ3v) is 4.93. The van der Waals surface area contributed by atoms with Crippen molar-refractivity contribution in [1.29, 1.82) is 0 Å². The fraction of sp³-hybridized carbons (Fsp3) is 0.176. The van der Waals surface area contributed by atoms with E-state index < -0.39 is 0 Å². The minimum absolute atomic E-state index is 0.0497. The minimum Gasteiger partial charge on any atom is -0.354 e. The van der Waals surface area contributed by atoms with Gasteiger partial charge >= 0.3 is 0 Å². The first-order chi connectivity index (χ1) is 9.10. The predicted octanol–water partition coefficient (Wildman–Crippen LogP) is 5.24. The number of nitrogens with one attached hydrogen (secondary N) is 1. The summed E-state index contributed by atoms with van der Waals surface area (Å²) < 4.78 is 1.17. The van der Waals surface area contributed by atoms with E-state index in [1.54, 1.807) is 0 Å². The molecule has 3 aromatic rings. The Kier molecular flexibility index (Phi) is 2.09. The van der Waals surface area contributed by atoms with Gasteiger partial charge in [0.2, 0.25) is 0 Å². The summed E-state index contributed by atoms with van der Waals surface area (Å²) >= 11 is 3.71. The van der Waals surface area contributed by atoms with Crippen molar-refractivity contribution in [2.45, 2.75) is 19.3 Å². The van der Waals surface area contributed by atoms with Gasteiger partial charge in [-0.25, -0.2) is 0 Å². The minimum atomic E-state index is 0.0497. The number of rotatable bonds is 0. The molecule has 0 atom stereocenters. The molecule has 1 aliphatic rings. The maximum Gasteiger partial charge on any atom is 0.0509 e. The summed E-state index contributed by atoms with van der Waals surface area (Å²) in [6.07, 6.45) is 0. The number of hydrogen-bond acceptors (Lipinski definition) is 0. The lowest BCUT2D eigenvalue weighted by Crippen LogP contribution is -2.14. The summed E-state index contributed by atoms with van der Waals surface area (Å²) in [7, 11) is 0. The van der Waals surface area contributed by atoms with Gasteiger partial charge in [-0.1, -0.05) is 60.1 Å². The molecule has 2 aromatic carbocycles. The molecular formula is C17H14BrN. The van der Waals surface area contributed by atoms with Crippen LogP contribution in [0, 0.1) is 0 Å². The van der Waals surface area contributed by atoms with Gasteiger partial charge in [0.25, 0.3) is 0 Å². The highest BCUT2D eigenvalue weighted by molar-refractivity contribution is 9.10. The summed E-state index contributed by atoms with van der Waals surface area (Å²) in [4.78, 5) is 3.60. The van der Waals surface area contributed by atoms with Gasteiger partial charge in [0, 0.05) is 26.4 Å². The number of benzene rings is 2. The van der Waals surface area contributed by atoms with Crippen LogP contribution < -0.4 is 0 Å². The molecular weight excluding hydrogens is 298 g/mol. The molecule has 1 heterocycles. The third kappa shape index (κ3) is 1.30. The van der Waals surface area contributed by atoms with Crippen LogP contribution in [0.3, 0.4) is 0 Å². The lowest BCUT2D eigenvalue weighted by Gasteiger charge is -2.21. The van der Waals surface area contributed by atoms with E-state index in [0.717, 1.165) is 0 Å². The standard InChI is InChI=1S/C17H14BrN/c1-17(2)11-7-4-3-6-10(11)16-15(17)14-12(18)8-5-9-13(14)19-16/h3-9,19H,1-2H3. The van der Waals surface area contributed by atoms with E-state index in [-0.39, 0.29) is 5.41 Å². The smallest absolute Gasteiger partial charge is 0.0509 e. The van der Waals surface area contributed by atoms with E-state index in [1.807, 2.05) is 0 Å². The molecule has 0 spiro atoms. The predicted molar refractivity (Wildman–Crippen MR) is 83.6 cm³/mol. The molecule has 2 heteroatoms. The van der Waals surface area contributed by atoms with Gasteiger partial charge in [-0.15, -0.1) is 0 Å². The molecule has 19 heavy (non-hydrogen) atoms. The highest BCUT2D eigenvalue weighted by atomic mass is 79.9. The van der Waals surface area contributed by atoms with Crippen LogP contribution in [-0.4, -0.2) is 4.98 Å². The first-order valence-corrected chi connectivity index (χ1v) is 7.30. The lowest BCUT2D eigenvalue weighted by atomic mass is 9.81.